The van der Waals surface area contributed by atoms with Crippen LogP contribution in [0.3, 0.4) is 0 Å². The zero-order chi connectivity index (χ0) is 15.5. The summed E-state index contributed by atoms with van der Waals surface area (Å²) in [6, 6.07) is 11.6. The quantitative estimate of drug-likeness (QED) is 0.883. The van der Waals surface area contributed by atoms with Gasteiger partial charge in [-0.15, -0.1) is 0 Å². The van der Waals surface area contributed by atoms with Crippen molar-refractivity contribution in [3.63, 3.8) is 0 Å². The highest BCUT2D eigenvalue weighted by Gasteiger charge is 2.18. The van der Waals surface area contributed by atoms with Crippen molar-refractivity contribution in [1.82, 2.24) is 0 Å². The van der Waals surface area contributed by atoms with Crippen molar-refractivity contribution in [1.29, 1.82) is 0 Å². The molecule has 0 aliphatic heterocycles. The van der Waals surface area contributed by atoms with E-state index in [2.05, 4.69) is 4.72 Å². The van der Waals surface area contributed by atoms with E-state index in [1.54, 1.807) is 6.07 Å². The third-order valence-corrected chi connectivity index (χ3v) is 4.15. The molecule has 110 valence electrons. The Kier molecular flexibility index (Phi) is 4.13. The van der Waals surface area contributed by atoms with Gasteiger partial charge in [-0.2, -0.15) is 0 Å². The van der Waals surface area contributed by atoms with Gasteiger partial charge in [0, 0.05) is 0 Å². The molecule has 21 heavy (non-hydrogen) atoms. The molecule has 2 aromatic rings. The maximum absolute atomic E-state index is 12.2. The predicted octanol–water partition coefficient (Wildman–Crippen LogP) is 2.19. The molecule has 0 saturated carbocycles. The minimum atomic E-state index is -3.86. The first-order valence-electron chi connectivity index (χ1n) is 5.93. The Labute approximate surface area is 122 Å². The Morgan fingerprint density at radius 2 is 1.71 bits per heavy atom. The molecule has 6 nitrogen and oxygen atoms in total. The number of ether oxygens (including phenoxy) is 1. The molecule has 0 aliphatic carbocycles. The number of nitrogens with one attached hydrogen (secondary N) is 1. The standard InChI is InChI=1S/C14H13NO5S/c1-20-10-6-8-11(9-7-10)21(18,19)15-13-5-3-2-4-12(13)14(16)17/h2-9,15H,1H3,(H,16,17). The topological polar surface area (TPSA) is 92.7 Å². The summed E-state index contributed by atoms with van der Waals surface area (Å²) in [5, 5.41) is 9.05. The average Bonchev–Trinajstić information content (AvgIpc) is 2.47. The van der Waals surface area contributed by atoms with Gasteiger partial charge in [-0.25, -0.2) is 13.2 Å². The first-order valence-corrected chi connectivity index (χ1v) is 7.41. The molecule has 0 atom stereocenters. The summed E-state index contributed by atoms with van der Waals surface area (Å²) in [5.41, 5.74) is -0.101. The SMILES string of the molecule is COc1ccc(S(=O)(=O)Nc2ccccc2C(=O)O)cc1. The maximum atomic E-state index is 12.2. The van der Waals surface area contributed by atoms with Gasteiger partial charge in [-0.3, -0.25) is 4.72 Å². The van der Waals surface area contributed by atoms with Gasteiger partial charge < -0.3 is 9.84 Å². The number of aromatic carboxylic acids is 1. The molecular weight excluding hydrogens is 294 g/mol. The van der Waals surface area contributed by atoms with E-state index in [1.807, 2.05) is 0 Å². The van der Waals surface area contributed by atoms with Crippen LogP contribution >= 0.6 is 0 Å². The molecule has 0 heterocycles. The lowest BCUT2D eigenvalue weighted by Gasteiger charge is -2.10. The molecule has 0 radical (unpaired) electrons. The summed E-state index contributed by atoms with van der Waals surface area (Å²) in [7, 11) is -2.39. The fourth-order valence-electron chi connectivity index (χ4n) is 1.72. The van der Waals surface area contributed by atoms with Crippen LogP contribution in [0.15, 0.2) is 53.4 Å². The molecule has 0 aromatic heterocycles. The summed E-state index contributed by atoms with van der Waals surface area (Å²) in [4.78, 5) is 11.1. The lowest BCUT2D eigenvalue weighted by Crippen LogP contribution is -2.15. The number of carbonyl (C=O) groups is 1. The Morgan fingerprint density at radius 3 is 2.29 bits per heavy atom. The molecule has 0 fully saturated rings. The van der Waals surface area contributed by atoms with Crippen molar-refractivity contribution in [2.75, 3.05) is 11.8 Å². The van der Waals surface area contributed by atoms with E-state index in [0.29, 0.717) is 5.75 Å². The summed E-state index contributed by atoms with van der Waals surface area (Å²) >= 11 is 0. The van der Waals surface area contributed by atoms with Crippen molar-refractivity contribution in [3.05, 3.63) is 54.1 Å². The van der Waals surface area contributed by atoms with Gasteiger partial charge in [0.15, 0.2) is 0 Å². The Morgan fingerprint density at radius 1 is 1.10 bits per heavy atom. The van der Waals surface area contributed by atoms with Gasteiger partial charge in [-0.05, 0) is 36.4 Å². The van der Waals surface area contributed by atoms with E-state index >= 15 is 0 Å². The summed E-state index contributed by atoms with van der Waals surface area (Å²) < 4.78 is 31.7. The predicted molar refractivity (Wildman–Crippen MR) is 77.2 cm³/mol. The van der Waals surface area contributed by atoms with Gasteiger partial charge in [0.25, 0.3) is 10.0 Å². The van der Waals surface area contributed by atoms with Crippen molar-refractivity contribution in [2.45, 2.75) is 4.90 Å². The highest BCUT2D eigenvalue weighted by Crippen LogP contribution is 2.21. The minimum Gasteiger partial charge on any atom is -0.497 e. The number of hydrogen-bond donors (Lipinski definition) is 2. The highest BCUT2D eigenvalue weighted by molar-refractivity contribution is 7.92. The number of hydrogen-bond acceptors (Lipinski definition) is 4. The van der Waals surface area contributed by atoms with Crippen LogP contribution in [-0.2, 0) is 10.0 Å². The zero-order valence-corrected chi connectivity index (χ0v) is 11.9. The molecule has 0 saturated heterocycles. The second kappa shape index (κ2) is 5.84. The van der Waals surface area contributed by atoms with Crippen molar-refractivity contribution >= 4 is 21.7 Å². The first-order chi connectivity index (χ1) is 9.94. The molecule has 0 spiro atoms. The molecule has 0 unspecified atom stereocenters. The van der Waals surface area contributed by atoms with Crippen LogP contribution in [-0.4, -0.2) is 26.6 Å². The largest absolute Gasteiger partial charge is 0.497 e. The minimum absolute atomic E-state index is 0.0146. The second-order valence-corrected chi connectivity index (χ2v) is 5.81. The molecule has 7 heteroatoms. The summed E-state index contributed by atoms with van der Waals surface area (Å²) in [5.74, 6) is -0.678. The molecule has 2 N–H and O–H groups in total. The number of para-hydroxylation sites is 1. The van der Waals surface area contributed by atoms with Crippen LogP contribution in [0.1, 0.15) is 10.4 Å². The number of benzene rings is 2. The first kappa shape index (κ1) is 14.9. The summed E-state index contributed by atoms with van der Waals surface area (Å²) in [6.45, 7) is 0. The van der Waals surface area contributed by atoms with E-state index in [9.17, 15) is 13.2 Å². The Balaban J connectivity index is 2.35. The van der Waals surface area contributed by atoms with Crippen LogP contribution in [0.5, 0.6) is 5.75 Å². The fraction of sp³-hybridized carbons (Fsp3) is 0.0714. The normalized spacial score (nSPS) is 10.9. The zero-order valence-electron chi connectivity index (χ0n) is 11.1. The Hall–Kier alpha value is -2.54. The van der Waals surface area contributed by atoms with Crippen molar-refractivity contribution in [2.24, 2.45) is 0 Å². The second-order valence-electron chi connectivity index (χ2n) is 4.13. The van der Waals surface area contributed by atoms with Crippen LogP contribution in [0, 0.1) is 0 Å². The van der Waals surface area contributed by atoms with E-state index in [1.165, 1.54) is 49.6 Å². The number of rotatable bonds is 5. The number of anilines is 1. The van der Waals surface area contributed by atoms with Crippen LogP contribution in [0.25, 0.3) is 0 Å². The molecule has 0 amide bonds. The van der Waals surface area contributed by atoms with Gasteiger partial charge in [0.1, 0.15) is 5.75 Å². The number of methoxy groups -OCH3 is 1. The molecule has 2 rings (SSSR count). The molecule has 0 aliphatic rings. The molecule has 0 bridgehead atoms. The van der Waals surface area contributed by atoms with Crippen molar-refractivity contribution < 1.29 is 23.1 Å². The van der Waals surface area contributed by atoms with Crippen LogP contribution in [0.2, 0.25) is 0 Å². The number of carboxylic acids is 1. The number of sulfonamides is 1. The monoisotopic (exact) mass is 307 g/mol. The van der Waals surface area contributed by atoms with E-state index < -0.39 is 16.0 Å². The van der Waals surface area contributed by atoms with Crippen LogP contribution in [0.4, 0.5) is 5.69 Å². The third-order valence-electron chi connectivity index (χ3n) is 2.77. The van der Waals surface area contributed by atoms with E-state index in [4.69, 9.17) is 9.84 Å². The summed E-state index contributed by atoms with van der Waals surface area (Å²) in [6.07, 6.45) is 0. The Bertz CT molecular complexity index is 753. The van der Waals surface area contributed by atoms with Gasteiger partial charge in [0.05, 0.1) is 23.3 Å². The average molecular weight is 307 g/mol. The lowest BCUT2D eigenvalue weighted by atomic mass is 10.2. The fourth-order valence-corrected chi connectivity index (χ4v) is 2.80. The van der Waals surface area contributed by atoms with Gasteiger partial charge in [0.2, 0.25) is 0 Å². The van der Waals surface area contributed by atoms with Crippen LogP contribution < -0.4 is 9.46 Å². The van der Waals surface area contributed by atoms with Gasteiger partial charge >= 0.3 is 5.97 Å². The third kappa shape index (κ3) is 3.32. The highest BCUT2D eigenvalue weighted by atomic mass is 32.2. The molecule has 2 aromatic carbocycles. The lowest BCUT2D eigenvalue weighted by molar-refractivity contribution is 0.0698. The van der Waals surface area contributed by atoms with Crippen molar-refractivity contribution in [3.8, 4) is 5.75 Å². The smallest absolute Gasteiger partial charge is 0.337 e. The molecular formula is C14H13NO5S. The maximum Gasteiger partial charge on any atom is 0.337 e. The van der Waals surface area contributed by atoms with E-state index in [-0.39, 0.29) is 16.1 Å². The number of carboxylic acid groups (broad SMARTS) is 1. The van der Waals surface area contributed by atoms with Gasteiger partial charge in [-0.1, -0.05) is 12.1 Å². The van der Waals surface area contributed by atoms with E-state index in [0.717, 1.165) is 0 Å².